The molecule has 1 aliphatic rings. The molecule has 1 aliphatic heterocycles. The van der Waals surface area contributed by atoms with Gasteiger partial charge in [0.15, 0.2) is 0 Å². The zero-order chi connectivity index (χ0) is 19.9. The fourth-order valence-electron chi connectivity index (χ4n) is 3.23. The maximum absolute atomic E-state index is 12.8. The molecule has 2 aromatic rings. The Balaban J connectivity index is 1.76. The highest BCUT2D eigenvalue weighted by Gasteiger charge is 2.19. The lowest BCUT2D eigenvalue weighted by Crippen LogP contribution is -2.35. The molecule has 28 heavy (non-hydrogen) atoms. The third-order valence-corrected chi connectivity index (χ3v) is 5.15. The highest BCUT2D eigenvalue weighted by Crippen LogP contribution is 2.25. The van der Waals surface area contributed by atoms with Crippen molar-refractivity contribution in [2.24, 2.45) is 0 Å². The number of ether oxygens (including phenoxy) is 1. The van der Waals surface area contributed by atoms with Gasteiger partial charge in [-0.3, -0.25) is 9.59 Å². The summed E-state index contributed by atoms with van der Waals surface area (Å²) in [5.74, 6) is 0.295. The molecule has 3 rings (SSSR count). The van der Waals surface area contributed by atoms with Crippen LogP contribution in [0.5, 0.6) is 5.75 Å². The van der Waals surface area contributed by atoms with Crippen molar-refractivity contribution < 1.29 is 14.3 Å². The molecule has 0 saturated carbocycles. The first kappa shape index (κ1) is 20.4. The third kappa shape index (κ3) is 5.13. The largest absolute Gasteiger partial charge is 0.493 e. The monoisotopic (exact) mass is 444 g/mol. The van der Waals surface area contributed by atoms with Gasteiger partial charge in [0.05, 0.1) is 12.2 Å². The van der Waals surface area contributed by atoms with Gasteiger partial charge in [0, 0.05) is 28.8 Å². The van der Waals surface area contributed by atoms with Crippen LogP contribution in [-0.2, 0) is 0 Å². The summed E-state index contributed by atoms with van der Waals surface area (Å²) in [6.07, 6.45) is 4.13. The standard InChI is InChI=1S/C22H25BrN2O3/c1-2-13-28-20-10-9-17(23)15-19(20)21(26)24-18-8-6-7-16(14-18)22(27)25-11-4-3-5-12-25/h6-10,14-15H,2-5,11-13H2,1H3,(H,24,26). The zero-order valence-electron chi connectivity index (χ0n) is 16.0. The number of anilines is 1. The van der Waals surface area contributed by atoms with E-state index in [1.807, 2.05) is 17.9 Å². The lowest BCUT2D eigenvalue weighted by molar-refractivity contribution is 0.0724. The van der Waals surface area contributed by atoms with Crippen LogP contribution >= 0.6 is 15.9 Å². The number of carbonyl (C=O) groups excluding carboxylic acids is 2. The smallest absolute Gasteiger partial charge is 0.259 e. The SMILES string of the molecule is CCCOc1ccc(Br)cc1C(=O)Nc1cccc(C(=O)N2CCCCC2)c1. The predicted molar refractivity (Wildman–Crippen MR) is 114 cm³/mol. The van der Waals surface area contributed by atoms with Crippen LogP contribution < -0.4 is 10.1 Å². The molecule has 2 aromatic carbocycles. The van der Waals surface area contributed by atoms with Crippen LogP contribution in [0.15, 0.2) is 46.9 Å². The van der Waals surface area contributed by atoms with Gasteiger partial charge in [0.25, 0.3) is 11.8 Å². The van der Waals surface area contributed by atoms with Gasteiger partial charge >= 0.3 is 0 Å². The highest BCUT2D eigenvalue weighted by atomic mass is 79.9. The number of carbonyl (C=O) groups is 2. The van der Waals surface area contributed by atoms with E-state index in [0.29, 0.717) is 29.2 Å². The summed E-state index contributed by atoms with van der Waals surface area (Å²) < 4.78 is 6.50. The molecule has 2 amide bonds. The maximum atomic E-state index is 12.8. The van der Waals surface area contributed by atoms with Gasteiger partial charge in [-0.05, 0) is 62.1 Å². The van der Waals surface area contributed by atoms with Gasteiger partial charge in [-0.1, -0.05) is 28.9 Å². The van der Waals surface area contributed by atoms with E-state index < -0.39 is 0 Å². The summed E-state index contributed by atoms with van der Waals surface area (Å²) in [6.45, 7) is 4.16. The first-order valence-corrected chi connectivity index (χ1v) is 10.5. The number of amides is 2. The number of piperidine rings is 1. The Morgan fingerprint density at radius 3 is 2.64 bits per heavy atom. The Morgan fingerprint density at radius 1 is 1.11 bits per heavy atom. The molecule has 0 atom stereocenters. The van der Waals surface area contributed by atoms with Crippen LogP contribution in [0, 0.1) is 0 Å². The number of nitrogens with zero attached hydrogens (tertiary/aromatic N) is 1. The molecule has 148 valence electrons. The van der Waals surface area contributed by atoms with Crippen LogP contribution in [0.25, 0.3) is 0 Å². The van der Waals surface area contributed by atoms with Crippen LogP contribution in [0.3, 0.4) is 0 Å². The molecular weight excluding hydrogens is 420 g/mol. The summed E-state index contributed by atoms with van der Waals surface area (Å²) in [6, 6.07) is 12.5. The van der Waals surface area contributed by atoms with Gasteiger partial charge in [0.2, 0.25) is 0 Å². The molecule has 1 heterocycles. The second-order valence-electron chi connectivity index (χ2n) is 6.88. The second-order valence-corrected chi connectivity index (χ2v) is 7.79. The molecular formula is C22H25BrN2O3. The molecule has 1 fully saturated rings. The number of nitrogens with one attached hydrogen (secondary N) is 1. The van der Waals surface area contributed by atoms with E-state index >= 15 is 0 Å². The van der Waals surface area contributed by atoms with Crippen molar-refractivity contribution in [3.8, 4) is 5.75 Å². The van der Waals surface area contributed by atoms with Crippen molar-refractivity contribution in [2.45, 2.75) is 32.6 Å². The van der Waals surface area contributed by atoms with Crippen molar-refractivity contribution in [3.63, 3.8) is 0 Å². The number of hydrogen-bond donors (Lipinski definition) is 1. The topological polar surface area (TPSA) is 58.6 Å². The minimum atomic E-state index is -0.269. The predicted octanol–water partition coefficient (Wildman–Crippen LogP) is 5.12. The van der Waals surface area contributed by atoms with E-state index in [1.54, 1.807) is 36.4 Å². The summed E-state index contributed by atoms with van der Waals surface area (Å²) in [5, 5.41) is 2.89. The molecule has 0 radical (unpaired) electrons. The Morgan fingerprint density at radius 2 is 1.89 bits per heavy atom. The third-order valence-electron chi connectivity index (χ3n) is 4.66. The minimum Gasteiger partial charge on any atom is -0.493 e. The van der Waals surface area contributed by atoms with Gasteiger partial charge in [-0.2, -0.15) is 0 Å². The first-order valence-electron chi connectivity index (χ1n) is 9.71. The number of halogens is 1. The Kier molecular flexibility index (Phi) is 7.09. The van der Waals surface area contributed by atoms with Crippen molar-refractivity contribution in [2.75, 3.05) is 25.0 Å². The molecule has 6 heteroatoms. The fraction of sp³-hybridized carbons (Fsp3) is 0.364. The Hall–Kier alpha value is -2.34. The quantitative estimate of drug-likeness (QED) is 0.672. The second kappa shape index (κ2) is 9.73. The number of hydrogen-bond acceptors (Lipinski definition) is 3. The average Bonchev–Trinajstić information content (AvgIpc) is 2.73. The summed E-state index contributed by atoms with van der Waals surface area (Å²) >= 11 is 3.41. The maximum Gasteiger partial charge on any atom is 0.259 e. The van der Waals surface area contributed by atoms with Crippen LogP contribution in [0.4, 0.5) is 5.69 Å². The van der Waals surface area contributed by atoms with E-state index in [0.717, 1.165) is 36.8 Å². The molecule has 0 aromatic heterocycles. The van der Waals surface area contributed by atoms with Gasteiger partial charge in [-0.25, -0.2) is 0 Å². The van der Waals surface area contributed by atoms with Gasteiger partial charge in [-0.15, -0.1) is 0 Å². The number of rotatable bonds is 6. The van der Waals surface area contributed by atoms with Crippen molar-refractivity contribution >= 4 is 33.4 Å². The van der Waals surface area contributed by atoms with E-state index in [9.17, 15) is 9.59 Å². The zero-order valence-corrected chi connectivity index (χ0v) is 17.6. The summed E-state index contributed by atoms with van der Waals surface area (Å²) in [4.78, 5) is 27.4. The lowest BCUT2D eigenvalue weighted by atomic mass is 10.1. The van der Waals surface area contributed by atoms with Gasteiger partial charge < -0.3 is 15.0 Å². The van der Waals surface area contributed by atoms with Crippen molar-refractivity contribution in [1.82, 2.24) is 4.90 Å². The molecule has 0 unspecified atom stereocenters. The van der Waals surface area contributed by atoms with E-state index in [4.69, 9.17) is 4.74 Å². The van der Waals surface area contributed by atoms with Crippen molar-refractivity contribution in [3.05, 3.63) is 58.1 Å². The van der Waals surface area contributed by atoms with Crippen LogP contribution in [-0.4, -0.2) is 36.4 Å². The molecule has 1 N–H and O–H groups in total. The van der Waals surface area contributed by atoms with E-state index in [2.05, 4.69) is 21.2 Å². The lowest BCUT2D eigenvalue weighted by Gasteiger charge is -2.26. The fourth-order valence-corrected chi connectivity index (χ4v) is 3.59. The Bertz CT molecular complexity index is 847. The normalized spacial score (nSPS) is 13.9. The molecule has 1 saturated heterocycles. The highest BCUT2D eigenvalue weighted by molar-refractivity contribution is 9.10. The number of likely N-dealkylation sites (tertiary alicyclic amines) is 1. The van der Waals surface area contributed by atoms with E-state index in [-0.39, 0.29) is 11.8 Å². The minimum absolute atomic E-state index is 0.0187. The van der Waals surface area contributed by atoms with Crippen molar-refractivity contribution in [1.29, 1.82) is 0 Å². The molecule has 0 aliphatic carbocycles. The van der Waals surface area contributed by atoms with Crippen LogP contribution in [0.1, 0.15) is 53.3 Å². The summed E-state index contributed by atoms with van der Waals surface area (Å²) in [5.41, 5.74) is 1.64. The molecule has 0 bridgehead atoms. The van der Waals surface area contributed by atoms with Crippen LogP contribution in [0.2, 0.25) is 0 Å². The summed E-state index contributed by atoms with van der Waals surface area (Å²) in [7, 11) is 0. The van der Waals surface area contributed by atoms with E-state index in [1.165, 1.54) is 6.42 Å². The molecule has 5 nitrogen and oxygen atoms in total. The first-order chi connectivity index (χ1) is 13.6. The Labute approximate surface area is 174 Å². The number of benzene rings is 2. The molecule has 0 spiro atoms. The van der Waals surface area contributed by atoms with Gasteiger partial charge in [0.1, 0.15) is 5.75 Å². The average molecular weight is 445 g/mol.